The summed E-state index contributed by atoms with van der Waals surface area (Å²) in [5.74, 6) is 5.71. The minimum Gasteiger partial charge on any atom is -0.102 e. The Morgan fingerprint density at radius 2 is 1.91 bits per heavy atom. The lowest BCUT2D eigenvalue weighted by atomic mass is 10.1. The zero-order valence-electron chi connectivity index (χ0n) is 7.86. The van der Waals surface area contributed by atoms with E-state index in [0.29, 0.717) is 0 Å². The molecule has 0 N–H and O–H groups in total. The topological polar surface area (TPSA) is 0 Å². The van der Waals surface area contributed by atoms with Crippen LogP contribution in [0.4, 0.5) is 0 Å². The molecular weight excluding hydrogens is 132 g/mol. The van der Waals surface area contributed by atoms with Gasteiger partial charge in [0, 0.05) is 0 Å². The molecule has 0 aliphatic rings. The van der Waals surface area contributed by atoms with Crippen LogP contribution >= 0.6 is 0 Å². The van der Waals surface area contributed by atoms with Gasteiger partial charge in [0.15, 0.2) is 0 Å². The van der Waals surface area contributed by atoms with Crippen LogP contribution in [0.3, 0.4) is 0 Å². The van der Waals surface area contributed by atoms with Crippen LogP contribution in [0.1, 0.15) is 34.1 Å². The first-order valence-corrected chi connectivity index (χ1v) is 3.88. The third-order valence-corrected chi connectivity index (χ3v) is 1.62. The van der Waals surface area contributed by atoms with Crippen molar-refractivity contribution < 1.29 is 0 Å². The molecule has 0 heteroatoms. The van der Waals surface area contributed by atoms with Gasteiger partial charge in [0.25, 0.3) is 0 Å². The van der Waals surface area contributed by atoms with Gasteiger partial charge < -0.3 is 0 Å². The molecular formula is C11H16. The molecule has 0 bridgehead atoms. The van der Waals surface area contributed by atoms with Crippen molar-refractivity contribution in [2.24, 2.45) is 0 Å². The number of allylic oxidation sites excluding steroid dienone is 4. The summed E-state index contributed by atoms with van der Waals surface area (Å²) < 4.78 is 0. The first-order valence-electron chi connectivity index (χ1n) is 3.88. The smallest absolute Gasteiger partial charge is 0.00235 e. The van der Waals surface area contributed by atoms with Gasteiger partial charge in [0.2, 0.25) is 0 Å². The molecule has 0 aliphatic heterocycles. The number of hydrogen-bond acceptors (Lipinski definition) is 0. The van der Waals surface area contributed by atoms with E-state index in [0.717, 1.165) is 6.42 Å². The first kappa shape index (κ1) is 10.0. The molecule has 0 heterocycles. The molecule has 60 valence electrons. The maximum atomic E-state index is 2.89. The summed E-state index contributed by atoms with van der Waals surface area (Å²) in [6.45, 7) is 8.26. The van der Waals surface area contributed by atoms with Crippen LogP contribution in [0.25, 0.3) is 0 Å². The monoisotopic (exact) mass is 148 g/mol. The molecule has 0 nitrogen and oxygen atoms in total. The highest BCUT2D eigenvalue weighted by atomic mass is 13.9. The van der Waals surface area contributed by atoms with Crippen LogP contribution in [-0.2, 0) is 0 Å². The molecule has 0 spiro atoms. The molecule has 0 atom stereocenters. The Labute approximate surface area is 70.0 Å². The highest BCUT2D eigenvalue weighted by molar-refractivity contribution is 5.18. The number of hydrogen-bond donors (Lipinski definition) is 0. The molecule has 0 saturated carbocycles. The number of rotatable bonds is 2. The third kappa shape index (κ3) is 5.48. The Hall–Kier alpha value is -0.960. The predicted octanol–water partition coefficient (Wildman–Crippen LogP) is 3.31. The van der Waals surface area contributed by atoms with Crippen molar-refractivity contribution in [1.29, 1.82) is 0 Å². The van der Waals surface area contributed by atoms with Crippen molar-refractivity contribution in [3.8, 4) is 11.8 Å². The van der Waals surface area contributed by atoms with Gasteiger partial charge in [0.05, 0.1) is 0 Å². The van der Waals surface area contributed by atoms with Crippen LogP contribution in [0.5, 0.6) is 0 Å². The van der Waals surface area contributed by atoms with E-state index in [4.69, 9.17) is 0 Å². The Balaban J connectivity index is 3.87. The van der Waals surface area contributed by atoms with Crippen molar-refractivity contribution in [2.45, 2.75) is 34.1 Å². The van der Waals surface area contributed by atoms with Crippen molar-refractivity contribution in [3.05, 3.63) is 23.3 Å². The van der Waals surface area contributed by atoms with Crippen LogP contribution in [0.15, 0.2) is 23.3 Å². The van der Waals surface area contributed by atoms with Crippen LogP contribution in [0.2, 0.25) is 0 Å². The molecule has 0 radical (unpaired) electrons. The zero-order chi connectivity index (χ0) is 8.69. The van der Waals surface area contributed by atoms with E-state index >= 15 is 0 Å². The average Bonchev–Trinajstić information content (AvgIpc) is 1.97. The van der Waals surface area contributed by atoms with Gasteiger partial charge in [0.1, 0.15) is 0 Å². The molecule has 11 heavy (non-hydrogen) atoms. The lowest BCUT2D eigenvalue weighted by Crippen LogP contribution is -1.76. The van der Waals surface area contributed by atoms with E-state index in [-0.39, 0.29) is 0 Å². The summed E-state index contributed by atoms with van der Waals surface area (Å²) in [6.07, 6.45) is 5.03. The second-order valence-corrected chi connectivity index (χ2v) is 2.78. The van der Waals surface area contributed by atoms with Crippen LogP contribution in [-0.4, -0.2) is 0 Å². The van der Waals surface area contributed by atoms with Gasteiger partial charge in [-0.2, -0.15) is 0 Å². The van der Waals surface area contributed by atoms with Crippen molar-refractivity contribution in [1.82, 2.24) is 0 Å². The minimum absolute atomic E-state index is 1.02. The van der Waals surface area contributed by atoms with Gasteiger partial charge in [-0.25, -0.2) is 0 Å². The summed E-state index contributed by atoms with van der Waals surface area (Å²) in [4.78, 5) is 0. The molecule has 0 amide bonds. The second-order valence-electron chi connectivity index (χ2n) is 2.78. The SMILES string of the molecule is CC#C/C=C\CC(C)=C(C)C. The standard InChI is InChI=1S/C11H16/c1-5-6-7-8-9-11(4)10(2)3/h7-8H,9H2,1-4H3/b8-7-. The first-order chi connectivity index (χ1) is 5.18. The summed E-state index contributed by atoms with van der Waals surface area (Å²) in [5, 5.41) is 0. The summed E-state index contributed by atoms with van der Waals surface area (Å²) >= 11 is 0. The fourth-order valence-corrected chi connectivity index (χ4v) is 0.582. The highest BCUT2D eigenvalue weighted by Crippen LogP contribution is 2.06. The van der Waals surface area contributed by atoms with Gasteiger partial charge in [-0.15, -0.1) is 5.92 Å². The summed E-state index contributed by atoms with van der Waals surface area (Å²) in [6, 6.07) is 0. The molecule has 0 aromatic carbocycles. The minimum atomic E-state index is 1.02. The highest BCUT2D eigenvalue weighted by Gasteiger charge is 1.86. The molecule has 0 aromatic rings. The summed E-state index contributed by atoms with van der Waals surface area (Å²) in [5.41, 5.74) is 2.83. The maximum absolute atomic E-state index is 2.89. The lowest BCUT2D eigenvalue weighted by molar-refractivity contribution is 1.13. The predicted molar refractivity (Wildman–Crippen MR) is 51.3 cm³/mol. The molecule has 0 saturated heterocycles. The van der Waals surface area contributed by atoms with Gasteiger partial charge in [-0.05, 0) is 40.2 Å². The van der Waals surface area contributed by atoms with Crippen LogP contribution < -0.4 is 0 Å². The van der Waals surface area contributed by atoms with Crippen molar-refractivity contribution >= 4 is 0 Å². The molecule has 0 aliphatic carbocycles. The van der Waals surface area contributed by atoms with Crippen LogP contribution in [0, 0.1) is 11.8 Å². The normalized spacial score (nSPS) is 9.09. The van der Waals surface area contributed by atoms with Gasteiger partial charge >= 0.3 is 0 Å². The van der Waals surface area contributed by atoms with Gasteiger partial charge in [-0.3, -0.25) is 0 Å². The van der Waals surface area contributed by atoms with E-state index < -0.39 is 0 Å². The molecule has 0 unspecified atom stereocenters. The van der Waals surface area contributed by atoms with E-state index in [1.165, 1.54) is 11.1 Å². The maximum Gasteiger partial charge on any atom is -0.00235 e. The zero-order valence-corrected chi connectivity index (χ0v) is 7.86. The molecule has 0 aromatic heterocycles. The average molecular weight is 148 g/mol. The van der Waals surface area contributed by atoms with Crippen molar-refractivity contribution in [2.75, 3.05) is 0 Å². The quantitative estimate of drug-likeness (QED) is 0.416. The van der Waals surface area contributed by atoms with Crippen molar-refractivity contribution in [3.63, 3.8) is 0 Å². The van der Waals surface area contributed by atoms with E-state index in [9.17, 15) is 0 Å². The van der Waals surface area contributed by atoms with Gasteiger partial charge in [-0.1, -0.05) is 23.1 Å². The molecule has 0 fully saturated rings. The largest absolute Gasteiger partial charge is 0.102 e. The Kier molecular flexibility index (Phi) is 5.29. The fourth-order valence-electron chi connectivity index (χ4n) is 0.582. The van der Waals surface area contributed by atoms with E-state index in [1.807, 2.05) is 13.0 Å². The fraction of sp³-hybridized carbons (Fsp3) is 0.455. The van der Waals surface area contributed by atoms with E-state index in [2.05, 4.69) is 38.7 Å². The lowest BCUT2D eigenvalue weighted by Gasteiger charge is -1.96. The Bertz CT molecular complexity index is 214. The second kappa shape index (κ2) is 5.80. The Morgan fingerprint density at radius 1 is 1.27 bits per heavy atom. The van der Waals surface area contributed by atoms with E-state index in [1.54, 1.807) is 0 Å². The molecule has 0 rings (SSSR count). The summed E-state index contributed by atoms with van der Waals surface area (Å²) in [7, 11) is 0. The Morgan fingerprint density at radius 3 is 2.36 bits per heavy atom. The third-order valence-electron chi connectivity index (χ3n) is 1.62.